The predicted octanol–water partition coefficient (Wildman–Crippen LogP) is 1.23. The van der Waals surface area contributed by atoms with E-state index in [-0.39, 0.29) is 5.92 Å². The Bertz CT molecular complexity index is 418. The van der Waals surface area contributed by atoms with Gasteiger partial charge in [-0.25, -0.2) is 0 Å². The molecule has 16 heavy (non-hydrogen) atoms. The number of likely N-dealkylation sites (N-methyl/N-ethyl adjacent to an activating group) is 1. The maximum atomic E-state index is 11.2. The molecule has 2 atom stereocenters. The van der Waals surface area contributed by atoms with Crippen LogP contribution in [0.25, 0.3) is 0 Å². The van der Waals surface area contributed by atoms with Crippen LogP contribution in [0, 0.1) is 0 Å². The van der Waals surface area contributed by atoms with Crippen LogP contribution in [0.3, 0.4) is 0 Å². The van der Waals surface area contributed by atoms with Gasteiger partial charge in [-0.1, -0.05) is 18.2 Å². The minimum atomic E-state index is -0.811. The summed E-state index contributed by atoms with van der Waals surface area (Å²) in [5.74, 6) is -0.0528. The number of benzene rings is 1. The number of rotatable bonds is 4. The Morgan fingerprint density at radius 2 is 2.25 bits per heavy atom. The van der Waals surface area contributed by atoms with Gasteiger partial charge in [0, 0.05) is 5.92 Å². The number of methoxy groups -OCH3 is 1. The molecule has 2 unspecified atom stereocenters. The third-order valence-corrected chi connectivity index (χ3v) is 3.30. The van der Waals surface area contributed by atoms with Crippen LogP contribution in [0.1, 0.15) is 17.9 Å². The molecule has 1 aliphatic rings. The first-order chi connectivity index (χ1) is 7.65. The first kappa shape index (κ1) is 11.0. The number of carboxylic acid groups (broad SMARTS) is 1. The fourth-order valence-corrected chi connectivity index (χ4v) is 2.21. The van der Waals surface area contributed by atoms with E-state index in [1.807, 2.05) is 24.3 Å². The molecule has 0 aliphatic heterocycles. The summed E-state index contributed by atoms with van der Waals surface area (Å²) >= 11 is 0. The van der Waals surface area contributed by atoms with Gasteiger partial charge in [-0.15, -0.1) is 0 Å². The Labute approximate surface area is 94.2 Å². The second kappa shape index (κ2) is 3.79. The normalized spacial score (nSPS) is 27.5. The SMILES string of the molecule is CNC1(C(=O)O)CC1c1ccccc1OC. The van der Waals surface area contributed by atoms with Gasteiger partial charge in [-0.2, -0.15) is 0 Å². The van der Waals surface area contributed by atoms with Gasteiger partial charge >= 0.3 is 5.97 Å². The summed E-state index contributed by atoms with van der Waals surface area (Å²) in [6.07, 6.45) is 0.610. The zero-order valence-corrected chi connectivity index (χ0v) is 9.36. The molecule has 0 bridgehead atoms. The molecule has 0 radical (unpaired) electrons. The molecular formula is C12H15NO3. The average molecular weight is 221 g/mol. The summed E-state index contributed by atoms with van der Waals surface area (Å²) in [5, 5.41) is 12.1. The van der Waals surface area contributed by atoms with Crippen molar-refractivity contribution in [3.8, 4) is 5.75 Å². The molecule has 0 spiro atoms. The van der Waals surface area contributed by atoms with Crippen LogP contribution in [0.5, 0.6) is 5.75 Å². The van der Waals surface area contributed by atoms with Crippen molar-refractivity contribution in [2.24, 2.45) is 0 Å². The number of ether oxygens (including phenoxy) is 1. The van der Waals surface area contributed by atoms with Crippen LogP contribution < -0.4 is 10.1 Å². The molecule has 0 amide bonds. The largest absolute Gasteiger partial charge is 0.496 e. The van der Waals surface area contributed by atoms with E-state index in [9.17, 15) is 9.90 Å². The van der Waals surface area contributed by atoms with Gasteiger partial charge in [0.25, 0.3) is 0 Å². The van der Waals surface area contributed by atoms with E-state index in [4.69, 9.17) is 4.74 Å². The second-order valence-corrected chi connectivity index (χ2v) is 4.03. The number of hydrogen-bond donors (Lipinski definition) is 2. The van der Waals surface area contributed by atoms with Gasteiger partial charge in [0.1, 0.15) is 11.3 Å². The van der Waals surface area contributed by atoms with Gasteiger partial charge in [0.05, 0.1) is 7.11 Å². The van der Waals surface area contributed by atoms with Crippen molar-refractivity contribution in [2.45, 2.75) is 17.9 Å². The van der Waals surface area contributed by atoms with E-state index in [1.165, 1.54) is 0 Å². The lowest BCUT2D eigenvalue weighted by Crippen LogP contribution is -2.38. The highest BCUT2D eigenvalue weighted by Crippen LogP contribution is 2.53. The number of hydrogen-bond acceptors (Lipinski definition) is 3. The summed E-state index contributed by atoms with van der Waals surface area (Å²) in [6.45, 7) is 0. The van der Waals surface area contributed by atoms with Crippen LogP contribution in [-0.4, -0.2) is 30.8 Å². The lowest BCUT2D eigenvalue weighted by molar-refractivity contribution is -0.140. The molecule has 2 N–H and O–H groups in total. The number of carboxylic acids is 1. The van der Waals surface area contributed by atoms with Crippen LogP contribution in [-0.2, 0) is 4.79 Å². The lowest BCUT2D eigenvalue weighted by atomic mass is 10.1. The van der Waals surface area contributed by atoms with Crippen molar-refractivity contribution >= 4 is 5.97 Å². The molecule has 1 fully saturated rings. The molecule has 2 rings (SSSR count). The third kappa shape index (κ3) is 1.46. The van der Waals surface area contributed by atoms with Crippen molar-refractivity contribution in [1.82, 2.24) is 5.32 Å². The maximum Gasteiger partial charge on any atom is 0.324 e. The summed E-state index contributed by atoms with van der Waals surface area (Å²) in [4.78, 5) is 11.2. The molecule has 4 heteroatoms. The van der Waals surface area contributed by atoms with Crippen molar-refractivity contribution in [3.05, 3.63) is 29.8 Å². The van der Waals surface area contributed by atoms with Crippen LogP contribution in [0.4, 0.5) is 0 Å². The molecule has 86 valence electrons. The molecule has 4 nitrogen and oxygen atoms in total. The zero-order valence-electron chi connectivity index (χ0n) is 9.36. The first-order valence-corrected chi connectivity index (χ1v) is 5.21. The highest BCUT2D eigenvalue weighted by Gasteiger charge is 2.61. The predicted molar refractivity (Wildman–Crippen MR) is 59.8 cm³/mol. The molecule has 1 saturated carbocycles. The fraction of sp³-hybridized carbons (Fsp3) is 0.417. The minimum Gasteiger partial charge on any atom is -0.496 e. The van der Waals surface area contributed by atoms with Crippen LogP contribution in [0.2, 0.25) is 0 Å². The van der Waals surface area contributed by atoms with Crippen molar-refractivity contribution < 1.29 is 14.6 Å². The Hall–Kier alpha value is -1.55. The average Bonchev–Trinajstić information content (AvgIpc) is 3.05. The highest BCUT2D eigenvalue weighted by molar-refractivity contribution is 5.85. The first-order valence-electron chi connectivity index (χ1n) is 5.21. The zero-order chi connectivity index (χ0) is 11.8. The van der Waals surface area contributed by atoms with Gasteiger partial charge in [0.2, 0.25) is 0 Å². The van der Waals surface area contributed by atoms with Gasteiger partial charge < -0.3 is 15.2 Å². The van der Waals surface area contributed by atoms with E-state index in [0.29, 0.717) is 6.42 Å². The number of carbonyl (C=O) groups is 1. The summed E-state index contributed by atoms with van der Waals surface area (Å²) in [6, 6.07) is 7.56. The van der Waals surface area contributed by atoms with Crippen molar-refractivity contribution in [2.75, 3.05) is 14.2 Å². The van der Waals surface area contributed by atoms with Crippen molar-refractivity contribution in [1.29, 1.82) is 0 Å². The van der Waals surface area contributed by atoms with E-state index in [0.717, 1.165) is 11.3 Å². The quantitative estimate of drug-likeness (QED) is 0.802. The summed E-state index contributed by atoms with van der Waals surface area (Å²) in [7, 11) is 3.28. The fourth-order valence-electron chi connectivity index (χ4n) is 2.21. The highest BCUT2D eigenvalue weighted by atomic mass is 16.5. The molecule has 1 aliphatic carbocycles. The Balaban J connectivity index is 2.31. The standard InChI is InChI=1S/C12H15NO3/c1-13-12(11(14)15)7-9(12)8-5-3-4-6-10(8)16-2/h3-6,9,13H,7H2,1-2H3,(H,14,15). The number of nitrogens with one attached hydrogen (secondary N) is 1. The molecule has 1 aromatic carbocycles. The van der Waals surface area contributed by atoms with E-state index < -0.39 is 11.5 Å². The van der Waals surface area contributed by atoms with Crippen LogP contribution >= 0.6 is 0 Å². The van der Waals surface area contributed by atoms with Gasteiger partial charge in [-0.05, 0) is 25.1 Å². The second-order valence-electron chi connectivity index (χ2n) is 4.03. The molecule has 0 saturated heterocycles. The monoisotopic (exact) mass is 221 g/mol. The molecule has 0 heterocycles. The molecule has 0 aromatic heterocycles. The third-order valence-electron chi connectivity index (χ3n) is 3.30. The summed E-state index contributed by atoms with van der Waals surface area (Å²) in [5.41, 5.74) is 0.149. The Morgan fingerprint density at radius 3 is 2.75 bits per heavy atom. The molecular weight excluding hydrogens is 206 g/mol. The van der Waals surface area contributed by atoms with Crippen LogP contribution in [0.15, 0.2) is 24.3 Å². The van der Waals surface area contributed by atoms with Gasteiger partial charge in [-0.3, -0.25) is 4.79 Å². The molecule has 1 aromatic rings. The van der Waals surface area contributed by atoms with E-state index in [2.05, 4.69) is 5.32 Å². The topological polar surface area (TPSA) is 58.6 Å². The number of aliphatic carboxylic acids is 1. The number of para-hydroxylation sites is 1. The van der Waals surface area contributed by atoms with E-state index >= 15 is 0 Å². The lowest BCUT2D eigenvalue weighted by Gasteiger charge is -2.13. The van der Waals surface area contributed by atoms with Crippen molar-refractivity contribution in [3.63, 3.8) is 0 Å². The smallest absolute Gasteiger partial charge is 0.324 e. The summed E-state index contributed by atoms with van der Waals surface area (Å²) < 4.78 is 5.24. The minimum absolute atomic E-state index is 0.00819. The van der Waals surface area contributed by atoms with E-state index in [1.54, 1.807) is 14.2 Å². The Morgan fingerprint density at radius 1 is 1.56 bits per heavy atom. The maximum absolute atomic E-state index is 11.2. The van der Waals surface area contributed by atoms with Gasteiger partial charge in [0.15, 0.2) is 0 Å². The Kier molecular flexibility index (Phi) is 2.59.